The topological polar surface area (TPSA) is 71.2 Å². The lowest BCUT2D eigenvalue weighted by Crippen LogP contribution is -2.36. The first-order chi connectivity index (χ1) is 10.2. The van der Waals surface area contributed by atoms with E-state index in [4.69, 9.17) is 5.73 Å². The zero-order valence-electron chi connectivity index (χ0n) is 12.1. The third-order valence-corrected chi connectivity index (χ3v) is 5.00. The van der Waals surface area contributed by atoms with Crippen LogP contribution in [0.3, 0.4) is 0 Å². The van der Waals surface area contributed by atoms with E-state index in [1.807, 2.05) is 12.1 Å². The highest BCUT2D eigenvalue weighted by atomic mass is 32.1. The third kappa shape index (κ3) is 3.01. The van der Waals surface area contributed by atoms with Crippen LogP contribution in [0.5, 0.6) is 0 Å². The summed E-state index contributed by atoms with van der Waals surface area (Å²) in [5, 5.41) is 2.97. The number of aromatic nitrogens is 1. The van der Waals surface area contributed by atoms with Crippen LogP contribution >= 0.6 is 11.3 Å². The van der Waals surface area contributed by atoms with Crippen LogP contribution in [0.25, 0.3) is 10.2 Å². The van der Waals surface area contributed by atoms with Crippen molar-refractivity contribution in [2.24, 2.45) is 0 Å². The Bertz CT molecular complexity index is 650. The molecule has 1 fully saturated rings. The Morgan fingerprint density at radius 3 is 3.05 bits per heavy atom. The van der Waals surface area contributed by atoms with Crippen LogP contribution in [0.15, 0.2) is 18.3 Å². The Morgan fingerprint density at radius 2 is 2.38 bits per heavy atom. The van der Waals surface area contributed by atoms with Gasteiger partial charge in [0.15, 0.2) is 0 Å². The van der Waals surface area contributed by atoms with Crippen molar-refractivity contribution < 1.29 is 4.79 Å². The first-order valence-corrected chi connectivity index (χ1v) is 8.17. The highest BCUT2D eigenvalue weighted by molar-refractivity contribution is 7.21. The van der Waals surface area contributed by atoms with E-state index in [1.54, 1.807) is 6.20 Å². The molecule has 1 aliphatic carbocycles. The zero-order chi connectivity index (χ0) is 14.8. The number of nitrogens with zero attached hydrogens (tertiary/aromatic N) is 2. The molecule has 0 unspecified atom stereocenters. The van der Waals surface area contributed by atoms with Gasteiger partial charge in [-0.25, -0.2) is 0 Å². The number of nitrogens with one attached hydrogen (secondary N) is 1. The predicted octanol–water partition coefficient (Wildman–Crippen LogP) is 2.09. The number of nitrogen functional groups attached to an aromatic ring is 1. The molecule has 0 bridgehead atoms. The molecule has 2 heterocycles. The molecule has 0 spiro atoms. The Hall–Kier alpha value is -1.66. The highest BCUT2D eigenvalue weighted by Crippen LogP contribution is 2.31. The summed E-state index contributed by atoms with van der Waals surface area (Å²) in [5.74, 6) is -0.0950. The van der Waals surface area contributed by atoms with Crippen LogP contribution in [0.2, 0.25) is 0 Å². The van der Waals surface area contributed by atoms with Crippen LogP contribution in [-0.2, 0) is 0 Å². The molecule has 0 aromatic carbocycles. The van der Waals surface area contributed by atoms with E-state index in [1.165, 1.54) is 24.2 Å². The summed E-state index contributed by atoms with van der Waals surface area (Å²) in [5.41, 5.74) is 7.24. The van der Waals surface area contributed by atoms with Crippen LogP contribution in [0.4, 0.5) is 5.69 Å². The summed E-state index contributed by atoms with van der Waals surface area (Å²) in [4.78, 5) is 19.5. The molecule has 2 aromatic heterocycles. The van der Waals surface area contributed by atoms with Gasteiger partial charge in [-0.2, -0.15) is 0 Å². The van der Waals surface area contributed by atoms with Gasteiger partial charge in [0.1, 0.15) is 10.4 Å². The number of fused-ring (bicyclic) bond motifs is 1. The summed E-state index contributed by atoms with van der Waals surface area (Å²) in [6.45, 7) is 4.76. The van der Waals surface area contributed by atoms with Gasteiger partial charge in [0, 0.05) is 25.3 Å². The number of amides is 1. The molecule has 3 rings (SSSR count). The summed E-state index contributed by atoms with van der Waals surface area (Å²) in [7, 11) is 0. The van der Waals surface area contributed by atoms with Gasteiger partial charge < -0.3 is 11.1 Å². The maximum Gasteiger partial charge on any atom is 0.263 e. The molecule has 2 aromatic rings. The quantitative estimate of drug-likeness (QED) is 0.857. The second-order valence-electron chi connectivity index (χ2n) is 5.31. The molecular weight excluding hydrogens is 284 g/mol. The second-order valence-corrected chi connectivity index (χ2v) is 6.36. The lowest BCUT2D eigenvalue weighted by molar-refractivity contribution is 0.0953. The van der Waals surface area contributed by atoms with Crippen molar-refractivity contribution in [2.45, 2.75) is 25.8 Å². The third-order valence-electron chi connectivity index (χ3n) is 3.84. The van der Waals surface area contributed by atoms with E-state index in [2.05, 4.69) is 22.1 Å². The Kier molecular flexibility index (Phi) is 4.07. The van der Waals surface area contributed by atoms with E-state index in [0.717, 1.165) is 29.3 Å². The number of thiophene rings is 1. The van der Waals surface area contributed by atoms with Crippen molar-refractivity contribution in [3.05, 3.63) is 23.2 Å². The van der Waals surface area contributed by atoms with Crippen molar-refractivity contribution in [2.75, 3.05) is 25.4 Å². The molecule has 0 aliphatic heterocycles. The standard InChI is InChI=1S/C15H20N4OS/c1-2-19(10-5-6-10)9-8-18-15(20)14-12(16)13-11(21-14)4-3-7-17-13/h3-4,7,10H,2,5-6,8-9,16H2,1H3,(H,18,20). The Morgan fingerprint density at radius 1 is 1.57 bits per heavy atom. The van der Waals surface area contributed by atoms with Gasteiger partial charge in [-0.3, -0.25) is 14.7 Å². The first kappa shape index (κ1) is 14.3. The lowest BCUT2D eigenvalue weighted by Gasteiger charge is -2.19. The van der Waals surface area contributed by atoms with Gasteiger partial charge >= 0.3 is 0 Å². The lowest BCUT2D eigenvalue weighted by atomic mass is 10.3. The largest absolute Gasteiger partial charge is 0.396 e. The summed E-state index contributed by atoms with van der Waals surface area (Å²) in [6, 6.07) is 4.52. The van der Waals surface area contributed by atoms with Crippen molar-refractivity contribution in [3.8, 4) is 0 Å². The number of nitrogens with two attached hydrogens (primary N) is 1. The summed E-state index contributed by atoms with van der Waals surface area (Å²) < 4.78 is 0.952. The molecule has 112 valence electrons. The average Bonchev–Trinajstić information content (AvgIpc) is 3.28. The van der Waals surface area contributed by atoms with Gasteiger partial charge in [-0.15, -0.1) is 11.3 Å². The van der Waals surface area contributed by atoms with Crippen molar-refractivity contribution >= 4 is 33.1 Å². The van der Waals surface area contributed by atoms with Crippen LogP contribution in [-0.4, -0.2) is 41.5 Å². The molecular formula is C15H20N4OS. The van der Waals surface area contributed by atoms with Gasteiger partial charge in [0.05, 0.1) is 10.4 Å². The summed E-state index contributed by atoms with van der Waals surface area (Å²) >= 11 is 1.40. The second kappa shape index (κ2) is 5.99. The molecule has 5 nitrogen and oxygen atoms in total. The predicted molar refractivity (Wildman–Crippen MR) is 86.6 cm³/mol. The van der Waals surface area contributed by atoms with Crippen molar-refractivity contribution in [1.82, 2.24) is 15.2 Å². The van der Waals surface area contributed by atoms with Crippen LogP contribution in [0, 0.1) is 0 Å². The van der Waals surface area contributed by atoms with E-state index < -0.39 is 0 Å². The van der Waals surface area contributed by atoms with Gasteiger partial charge in [0.25, 0.3) is 5.91 Å². The number of hydrogen-bond acceptors (Lipinski definition) is 5. The minimum Gasteiger partial charge on any atom is -0.396 e. The number of rotatable bonds is 6. The molecule has 1 aliphatic rings. The minimum atomic E-state index is -0.0950. The van der Waals surface area contributed by atoms with Crippen molar-refractivity contribution in [1.29, 1.82) is 0 Å². The minimum absolute atomic E-state index is 0.0950. The first-order valence-electron chi connectivity index (χ1n) is 7.36. The SMILES string of the molecule is CCN(CCNC(=O)c1sc2cccnc2c1N)C1CC1. The Balaban J connectivity index is 1.62. The van der Waals surface area contributed by atoms with E-state index in [9.17, 15) is 4.79 Å². The smallest absolute Gasteiger partial charge is 0.263 e. The number of anilines is 1. The molecule has 3 N–H and O–H groups in total. The average molecular weight is 304 g/mol. The fourth-order valence-corrected chi connectivity index (χ4v) is 3.55. The maximum atomic E-state index is 12.3. The van der Waals surface area contributed by atoms with Crippen LogP contribution in [0.1, 0.15) is 29.4 Å². The van der Waals surface area contributed by atoms with Gasteiger partial charge in [-0.1, -0.05) is 6.92 Å². The molecule has 0 saturated heterocycles. The molecule has 1 amide bonds. The number of carbonyl (C=O) groups is 1. The number of carbonyl (C=O) groups excluding carboxylic acids is 1. The molecule has 21 heavy (non-hydrogen) atoms. The molecule has 0 radical (unpaired) electrons. The van der Waals surface area contributed by atoms with Gasteiger partial charge in [0.2, 0.25) is 0 Å². The normalized spacial score (nSPS) is 14.8. The monoisotopic (exact) mass is 304 g/mol. The van der Waals surface area contributed by atoms with Crippen LogP contribution < -0.4 is 11.1 Å². The maximum absolute atomic E-state index is 12.3. The zero-order valence-corrected chi connectivity index (χ0v) is 12.9. The summed E-state index contributed by atoms with van der Waals surface area (Å²) in [6.07, 6.45) is 4.27. The number of hydrogen-bond donors (Lipinski definition) is 2. The van der Waals surface area contributed by atoms with E-state index >= 15 is 0 Å². The fourth-order valence-electron chi connectivity index (χ4n) is 2.55. The number of likely N-dealkylation sites (N-methyl/N-ethyl adjacent to an activating group) is 1. The van der Waals surface area contributed by atoms with Crippen molar-refractivity contribution in [3.63, 3.8) is 0 Å². The highest BCUT2D eigenvalue weighted by Gasteiger charge is 2.27. The number of pyridine rings is 1. The van der Waals surface area contributed by atoms with E-state index in [-0.39, 0.29) is 5.91 Å². The molecule has 1 saturated carbocycles. The molecule has 0 atom stereocenters. The van der Waals surface area contributed by atoms with Gasteiger partial charge in [-0.05, 0) is 31.5 Å². The molecule has 6 heteroatoms. The fraction of sp³-hybridized carbons (Fsp3) is 0.467. The Labute approximate surface area is 128 Å². The van der Waals surface area contributed by atoms with E-state index in [0.29, 0.717) is 17.1 Å².